The van der Waals surface area contributed by atoms with E-state index in [0.717, 1.165) is 25.2 Å². The standard InChI is InChI=1S/C14H17N3O/c15-8-4-7-13-16-17-14(18-13)12-9-11(12)10-5-2-1-3-6-10/h1-3,5-6,11-12H,4,7-9,15H2. The van der Waals surface area contributed by atoms with Gasteiger partial charge >= 0.3 is 0 Å². The molecule has 2 atom stereocenters. The SMILES string of the molecule is NCCCc1nnc(C2CC2c2ccccc2)o1. The predicted molar refractivity (Wildman–Crippen MR) is 68.2 cm³/mol. The van der Waals surface area contributed by atoms with Crippen molar-refractivity contribution in [1.29, 1.82) is 0 Å². The number of nitrogens with two attached hydrogens (primary N) is 1. The van der Waals surface area contributed by atoms with Gasteiger partial charge in [0.1, 0.15) is 0 Å². The summed E-state index contributed by atoms with van der Waals surface area (Å²) < 4.78 is 5.68. The molecule has 18 heavy (non-hydrogen) atoms. The van der Waals surface area contributed by atoms with Gasteiger partial charge < -0.3 is 10.2 Å². The maximum Gasteiger partial charge on any atom is 0.220 e. The molecule has 0 amide bonds. The van der Waals surface area contributed by atoms with Crippen LogP contribution in [-0.2, 0) is 6.42 Å². The van der Waals surface area contributed by atoms with Crippen molar-refractivity contribution in [3.8, 4) is 0 Å². The van der Waals surface area contributed by atoms with Gasteiger partial charge in [-0.15, -0.1) is 10.2 Å². The van der Waals surface area contributed by atoms with Gasteiger partial charge in [0.05, 0.1) is 0 Å². The monoisotopic (exact) mass is 243 g/mol. The first-order chi connectivity index (χ1) is 8.88. The minimum Gasteiger partial charge on any atom is -0.425 e. The van der Waals surface area contributed by atoms with Gasteiger partial charge in [-0.25, -0.2) is 0 Å². The van der Waals surface area contributed by atoms with E-state index in [1.807, 2.05) is 6.07 Å². The number of aryl methyl sites for hydroxylation is 1. The van der Waals surface area contributed by atoms with E-state index in [9.17, 15) is 0 Å². The van der Waals surface area contributed by atoms with Gasteiger partial charge in [-0.05, 0) is 30.9 Å². The van der Waals surface area contributed by atoms with Crippen LogP contribution in [0.2, 0.25) is 0 Å². The lowest BCUT2D eigenvalue weighted by Gasteiger charge is -1.96. The highest BCUT2D eigenvalue weighted by Gasteiger charge is 2.43. The van der Waals surface area contributed by atoms with Crippen LogP contribution in [0.15, 0.2) is 34.7 Å². The summed E-state index contributed by atoms with van der Waals surface area (Å²) in [5.74, 6) is 2.46. The maximum atomic E-state index is 5.68. The van der Waals surface area contributed by atoms with Crippen LogP contribution in [0, 0.1) is 0 Å². The third kappa shape index (κ3) is 2.29. The van der Waals surface area contributed by atoms with E-state index in [1.165, 1.54) is 5.56 Å². The molecule has 1 aromatic heterocycles. The van der Waals surface area contributed by atoms with E-state index in [0.29, 0.717) is 24.3 Å². The van der Waals surface area contributed by atoms with Gasteiger partial charge in [0.2, 0.25) is 11.8 Å². The van der Waals surface area contributed by atoms with Crippen LogP contribution in [0.1, 0.15) is 42.0 Å². The lowest BCUT2D eigenvalue weighted by Crippen LogP contribution is -2.00. The Hall–Kier alpha value is -1.68. The highest BCUT2D eigenvalue weighted by atomic mass is 16.4. The molecule has 94 valence electrons. The summed E-state index contributed by atoms with van der Waals surface area (Å²) >= 11 is 0. The molecule has 0 spiro atoms. The zero-order valence-corrected chi connectivity index (χ0v) is 10.2. The molecule has 1 aromatic carbocycles. The molecule has 4 heteroatoms. The molecule has 1 saturated carbocycles. The van der Waals surface area contributed by atoms with Gasteiger partial charge in [-0.3, -0.25) is 0 Å². The van der Waals surface area contributed by atoms with Gasteiger partial charge in [-0.1, -0.05) is 30.3 Å². The van der Waals surface area contributed by atoms with E-state index < -0.39 is 0 Å². The second-order valence-electron chi connectivity index (χ2n) is 4.79. The number of rotatable bonds is 5. The number of benzene rings is 1. The van der Waals surface area contributed by atoms with Gasteiger partial charge in [0, 0.05) is 12.3 Å². The molecule has 1 heterocycles. The Kier molecular flexibility index (Phi) is 3.11. The van der Waals surface area contributed by atoms with E-state index in [-0.39, 0.29) is 0 Å². The number of hydrogen-bond donors (Lipinski definition) is 1. The molecule has 2 unspecified atom stereocenters. The zero-order valence-electron chi connectivity index (χ0n) is 10.2. The zero-order chi connectivity index (χ0) is 12.4. The van der Waals surface area contributed by atoms with Crippen molar-refractivity contribution in [2.24, 2.45) is 5.73 Å². The average molecular weight is 243 g/mol. The molecule has 1 aliphatic rings. The fourth-order valence-electron chi connectivity index (χ4n) is 2.31. The van der Waals surface area contributed by atoms with Crippen LogP contribution in [-0.4, -0.2) is 16.7 Å². The Bertz CT molecular complexity index is 509. The topological polar surface area (TPSA) is 64.9 Å². The number of nitrogens with zero attached hydrogens (tertiary/aromatic N) is 2. The number of aromatic nitrogens is 2. The van der Waals surface area contributed by atoms with Crippen LogP contribution in [0.5, 0.6) is 0 Å². The van der Waals surface area contributed by atoms with Crippen molar-refractivity contribution < 1.29 is 4.42 Å². The van der Waals surface area contributed by atoms with Crippen LogP contribution in [0.4, 0.5) is 0 Å². The summed E-state index contributed by atoms with van der Waals surface area (Å²) in [6, 6.07) is 10.5. The normalized spacial score (nSPS) is 22.1. The third-order valence-electron chi connectivity index (χ3n) is 3.41. The molecule has 2 aromatic rings. The molecule has 3 rings (SSSR count). The molecule has 1 aliphatic carbocycles. The van der Waals surface area contributed by atoms with Crippen molar-refractivity contribution in [2.45, 2.75) is 31.1 Å². The molecular formula is C14H17N3O. The lowest BCUT2D eigenvalue weighted by atomic mass is 10.1. The fraction of sp³-hybridized carbons (Fsp3) is 0.429. The van der Waals surface area contributed by atoms with Gasteiger partial charge in [-0.2, -0.15) is 0 Å². The number of hydrogen-bond acceptors (Lipinski definition) is 4. The molecule has 0 aliphatic heterocycles. The van der Waals surface area contributed by atoms with Gasteiger partial charge in [0.25, 0.3) is 0 Å². The first-order valence-corrected chi connectivity index (χ1v) is 6.46. The van der Waals surface area contributed by atoms with Crippen LogP contribution >= 0.6 is 0 Å². The molecule has 2 N–H and O–H groups in total. The quantitative estimate of drug-likeness (QED) is 0.874. The lowest BCUT2D eigenvalue weighted by molar-refractivity contribution is 0.445. The minimum atomic E-state index is 0.409. The van der Waals surface area contributed by atoms with Crippen LogP contribution < -0.4 is 5.73 Å². The molecule has 1 fully saturated rings. The Morgan fingerprint density at radius 3 is 2.78 bits per heavy atom. The predicted octanol–water partition coefficient (Wildman–Crippen LogP) is 2.23. The van der Waals surface area contributed by atoms with E-state index in [4.69, 9.17) is 10.2 Å². The Morgan fingerprint density at radius 1 is 1.17 bits per heavy atom. The highest BCUT2D eigenvalue weighted by Crippen LogP contribution is 2.53. The smallest absolute Gasteiger partial charge is 0.220 e. The highest BCUT2D eigenvalue weighted by molar-refractivity contribution is 5.30. The summed E-state index contributed by atoms with van der Waals surface area (Å²) in [6.07, 6.45) is 2.79. The van der Waals surface area contributed by atoms with Gasteiger partial charge in [0.15, 0.2) is 0 Å². The second kappa shape index (κ2) is 4.90. The summed E-state index contributed by atoms with van der Waals surface area (Å²) in [5, 5.41) is 8.22. The van der Waals surface area contributed by atoms with Crippen LogP contribution in [0.25, 0.3) is 0 Å². The first kappa shape index (κ1) is 11.4. The summed E-state index contributed by atoms with van der Waals surface area (Å²) in [7, 11) is 0. The Labute approximate surface area is 106 Å². The molecular weight excluding hydrogens is 226 g/mol. The van der Waals surface area contributed by atoms with E-state index in [1.54, 1.807) is 0 Å². The Balaban J connectivity index is 1.65. The second-order valence-corrected chi connectivity index (χ2v) is 4.79. The maximum absolute atomic E-state index is 5.68. The van der Waals surface area contributed by atoms with Crippen LogP contribution in [0.3, 0.4) is 0 Å². The summed E-state index contributed by atoms with van der Waals surface area (Å²) in [5.41, 5.74) is 6.83. The molecule has 0 bridgehead atoms. The van der Waals surface area contributed by atoms with Crippen molar-refractivity contribution in [3.05, 3.63) is 47.7 Å². The molecule has 0 radical (unpaired) electrons. The first-order valence-electron chi connectivity index (χ1n) is 6.46. The third-order valence-corrected chi connectivity index (χ3v) is 3.41. The molecule has 4 nitrogen and oxygen atoms in total. The van der Waals surface area contributed by atoms with Crippen molar-refractivity contribution >= 4 is 0 Å². The summed E-state index contributed by atoms with van der Waals surface area (Å²) in [4.78, 5) is 0. The summed E-state index contributed by atoms with van der Waals surface area (Å²) in [6.45, 7) is 0.660. The Morgan fingerprint density at radius 2 is 2.00 bits per heavy atom. The van der Waals surface area contributed by atoms with Crippen molar-refractivity contribution in [2.75, 3.05) is 6.54 Å². The molecule has 0 saturated heterocycles. The van der Waals surface area contributed by atoms with E-state index in [2.05, 4.69) is 34.5 Å². The van der Waals surface area contributed by atoms with Crippen molar-refractivity contribution in [3.63, 3.8) is 0 Å². The minimum absolute atomic E-state index is 0.409. The average Bonchev–Trinajstić information content (AvgIpc) is 3.09. The van der Waals surface area contributed by atoms with E-state index >= 15 is 0 Å². The van der Waals surface area contributed by atoms with Crippen molar-refractivity contribution in [1.82, 2.24) is 10.2 Å². The fourth-order valence-corrected chi connectivity index (χ4v) is 2.31. The largest absolute Gasteiger partial charge is 0.425 e.